The highest BCUT2D eigenvalue weighted by molar-refractivity contribution is 5.72. The Morgan fingerprint density at radius 3 is 2.65 bits per heavy atom. The van der Waals surface area contributed by atoms with Gasteiger partial charge in [0.15, 0.2) is 0 Å². The number of nitrogens with one attached hydrogen (secondary N) is 1. The van der Waals surface area contributed by atoms with Gasteiger partial charge in [-0.15, -0.1) is 0 Å². The molecule has 1 aromatic carbocycles. The second-order valence-corrected chi connectivity index (χ2v) is 6.76. The SMILES string of the molecule is C[C@H]1OCC(NC(=O)OC(C)(C)C)(c2ccccc2F)C1C=O. The Hall–Kier alpha value is -1.95. The first-order valence-corrected chi connectivity index (χ1v) is 7.53. The van der Waals surface area contributed by atoms with Crippen molar-refractivity contribution in [2.24, 2.45) is 5.92 Å². The molecule has 1 saturated heterocycles. The predicted molar refractivity (Wildman–Crippen MR) is 82.4 cm³/mol. The monoisotopic (exact) mass is 323 g/mol. The first-order chi connectivity index (χ1) is 10.7. The second-order valence-electron chi connectivity index (χ2n) is 6.76. The minimum absolute atomic E-state index is 0.00223. The van der Waals surface area contributed by atoms with Gasteiger partial charge in [-0.2, -0.15) is 0 Å². The van der Waals surface area contributed by atoms with Crippen LogP contribution < -0.4 is 5.32 Å². The number of carbonyl (C=O) groups excluding carboxylic acids is 2. The van der Waals surface area contributed by atoms with Gasteiger partial charge in [0.1, 0.15) is 23.2 Å². The van der Waals surface area contributed by atoms with Crippen molar-refractivity contribution in [3.05, 3.63) is 35.6 Å². The highest BCUT2D eigenvalue weighted by atomic mass is 19.1. The number of amides is 1. The normalized spacial score (nSPS) is 27.5. The van der Waals surface area contributed by atoms with Crippen LogP contribution >= 0.6 is 0 Å². The van der Waals surface area contributed by atoms with Crippen molar-refractivity contribution < 1.29 is 23.5 Å². The molecule has 3 atom stereocenters. The summed E-state index contributed by atoms with van der Waals surface area (Å²) in [6.45, 7) is 6.91. The van der Waals surface area contributed by atoms with Gasteiger partial charge in [0, 0.05) is 5.56 Å². The van der Waals surface area contributed by atoms with Gasteiger partial charge in [0.2, 0.25) is 0 Å². The third-order valence-corrected chi connectivity index (χ3v) is 3.87. The van der Waals surface area contributed by atoms with Crippen LogP contribution in [-0.2, 0) is 19.8 Å². The molecule has 0 aliphatic carbocycles. The van der Waals surface area contributed by atoms with Gasteiger partial charge in [-0.1, -0.05) is 18.2 Å². The van der Waals surface area contributed by atoms with Gasteiger partial charge >= 0.3 is 6.09 Å². The lowest BCUT2D eigenvalue weighted by molar-refractivity contribution is -0.113. The molecule has 2 rings (SSSR count). The van der Waals surface area contributed by atoms with Gasteiger partial charge in [-0.3, -0.25) is 0 Å². The Morgan fingerprint density at radius 1 is 1.43 bits per heavy atom. The molecule has 0 spiro atoms. The van der Waals surface area contributed by atoms with Crippen LogP contribution in [0.2, 0.25) is 0 Å². The number of benzene rings is 1. The molecule has 0 bridgehead atoms. The van der Waals surface area contributed by atoms with E-state index in [1.807, 2.05) is 0 Å². The zero-order chi connectivity index (χ0) is 17.3. The highest BCUT2D eigenvalue weighted by Gasteiger charge is 2.52. The first-order valence-electron chi connectivity index (χ1n) is 7.53. The van der Waals surface area contributed by atoms with Crippen LogP contribution in [-0.4, -0.2) is 30.7 Å². The van der Waals surface area contributed by atoms with E-state index in [1.54, 1.807) is 45.9 Å². The predicted octanol–water partition coefficient (Wildman–Crippen LogP) is 2.78. The van der Waals surface area contributed by atoms with Crippen molar-refractivity contribution >= 4 is 12.4 Å². The Kier molecular flexibility index (Phi) is 4.75. The van der Waals surface area contributed by atoms with E-state index in [4.69, 9.17) is 9.47 Å². The van der Waals surface area contributed by atoms with E-state index in [2.05, 4.69) is 5.32 Å². The molecule has 0 radical (unpaired) electrons. The maximum Gasteiger partial charge on any atom is 0.408 e. The zero-order valence-corrected chi connectivity index (χ0v) is 13.8. The summed E-state index contributed by atoms with van der Waals surface area (Å²) < 4.78 is 25.2. The van der Waals surface area contributed by atoms with Crippen LogP contribution in [0.4, 0.5) is 9.18 Å². The molecular weight excluding hydrogens is 301 g/mol. The van der Waals surface area contributed by atoms with E-state index in [0.29, 0.717) is 6.29 Å². The molecule has 1 aliphatic heterocycles. The number of hydrogen-bond acceptors (Lipinski definition) is 4. The smallest absolute Gasteiger partial charge is 0.408 e. The summed E-state index contributed by atoms with van der Waals surface area (Å²) in [5, 5.41) is 2.68. The van der Waals surface area contributed by atoms with Crippen LogP contribution in [0.5, 0.6) is 0 Å². The van der Waals surface area contributed by atoms with Crippen LogP contribution in [0.25, 0.3) is 0 Å². The number of rotatable bonds is 3. The first kappa shape index (κ1) is 17.4. The van der Waals surface area contributed by atoms with Crippen molar-refractivity contribution in [1.29, 1.82) is 0 Å². The molecular formula is C17H22FNO4. The molecule has 1 N–H and O–H groups in total. The van der Waals surface area contributed by atoms with E-state index < -0.39 is 35.1 Å². The zero-order valence-electron chi connectivity index (χ0n) is 13.8. The quantitative estimate of drug-likeness (QED) is 0.869. The van der Waals surface area contributed by atoms with Gasteiger partial charge in [-0.05, 0) is 33.8 Å². The molecule has 6 heteroatoms. The topological polar surface area (TPSA) is 64.6 Å². The maximum atomic E-state index is 14.3. The van der Waals surface area contributed by atoms with Crippen LogP contribution in [0.1, 0.15) is 33.3 Å². The fourth-order valence-corrected chi connectivity index (χ4v) is 2.84. The number of hydrogen-bond donors (Lipinski definition) is 1. The lowest BCUT2D eigenvalue weighted by Gasteiger charge is -2.34. The molecule has 2 unspecified atom stereocenters. The van der Waals surface area contributed by atoms with Crippen LogP contribution in [0.3, 0.4) is 0 Å². The van der Waals surface area contributed by atoms with E-state index >= 15 is 0 Å². The summed E-state index contributed by atoms with van der Waals surface area (Å²) in [5.41, 5.74) is -1.77. The van der Waals surface area contributed by atoms with Crippen LogP contribution in [0.15, 0.2) is 24.3 Å². The maximum absolute atomic E-state index is 14.3. The molecule has 126 valence electrons. The highest BCUT2D eigenvalue weighted by Crippen LogP contribution is 2.39. The van der Waals surface area contributed by atoms with Crippen LogP contribution in [0, 0.1) is 11.7 Å². The summed E-state index contributed by atoms with van der Waals surface area (Å²) in [6, 6.07) is 6.04. The summed E-state index contributed by atoms with van der Waals surface area (Å²) in [7, 11) is 0. The van der Waals surface area contributed by atoms with E-state index in [9.17, 15) is 14.0 Å². The van der Waals surface area contributed by atoms with Crippen molar-refractivity contribution in [2.75, 3.05) is 6.61 Å². The van der Waals surface area contributed by atoms with Crippen molar-refractivity contribution in [3.8, 4) is 0 Å². The molecule has 0 saturated carbocycles. The molecule has 5 nitrogen and oxygen atoms in total. The number of halogens is 1. The third kappa shape index (κ3) is 3.52. The Morgan fingerprint density at radius 2 is 2.09 bits per heavy atom. The van der Waals surface area contributed by atoms with Gasteiger partial charge in [-0.25, -0.2) is 9.18 Å². The lowest BCUT2D eigenvalue weighted by Crippen LogP contribution is -2.54. The van der Waals surface area contributed by atoms with E-state index in [0.717, 1.165) is 0 Å². The summed E-state index contributed by atoms with van der Waals surface area (Å²) in [4.78, 5) is 23.8. The second kappa shape index (κ2) is 6.28. The molecule has 1 amide bonds. The lowest BCUT2D eigenvalue weighted by atomic mass is 9.78. The van der Waals surface area contributed by atoms with E-state index in [-0.39, 0.29) is 12.2 Å². The Balaban J connectivity index is 2.43. The third-order valence-electron chi connectivity index (χ3n) is 3.87. The number of ether oxygens (including phenoxy) is 2. The number of carbonyl (C=O) groups is 2. The Labute approximate surface area is 135 Å². The standard InChI is InChI=1S/C17H22FNO4/c1-11-13(9-20)17(10-22-11,12-7-5-6-8-14(12)18)19-15(21)23-16(2,3)4/h5-9,11,13H,10H2,1-4H3,(H,19,21)/t11-,13?,17?/m1/s1. The fourth-order valence-electron chi connectivity index (χ4n) is 2.84. The van der Waals surface area contributed by atoms with Crippen molar-refractivity contribution in [1.82, 2.24) is 5.32 Å². The van der Waals surface area contributed by atoms with Gasteiger partial charge in [0.25, 0.3) is 0 Å². The minimum Gasteiger partial charge on any atom is -0.444 e. The van der Waals surface area contributed by atoms with Gasteiger partial charge in [0.05, 0.1) is 18.6 Å². The van der Waals surface area contributed by atoms with E-state index in [1.165, 1.54) is 6.07 Å². The number of aldehydes is 1. The summed E-state index contributed by atoms with van der Waals surface area (Å²) in [5.74, 6) is -1.22. The average Bonchev–Trinajstić information content (AvgIpc) is 2.74. The minimum atomic E-state index is -1.28. The molecule has 1 aliphatic rings. The van der Waals surface area contributed by atoms with Crippen molar-refractivity contribution in [3.63, 3.8) is 0 Å². The number of alkyl carbamates (subject to hydrolysis) is 1. The summed E-state index contributed by atoms with van der Waals surface area (Å²) in [6.07, 6.45) is -0.464. The largest absolute Gasteiger partial charge is 0.444 e. The molecule has 1 aromatic rings. The Bertz CT molecular complexity index is 599. The average molecular weight is 323 g/mol. The molecule has 0 aromatic heterocycles. The summed E-state index contributed by atoms with van der Waals surface area (Å²) >= 11 is 0. The molecule has 1 fully saturated rings. The van der Waals surface area contributed by atoms with Gasteiger partial charge < -0.3 is 19.6 Å². The molecule has 23 heavy (non-hydrogen) atoms. The molecule has 1 heterocycles. The van der Waals surface area contributed by atoms with Crippen molar-refractivity contribution in [2.45, 2.75) is 44.9 Å². The fraction of sp³-hybridized carbons (Fsp3) is 0.529.